The van der Waals surface area contributed by atoms with Crippen LogP contribution in [0.4, 0.5) is 0 Å². The lowest BCUT2D eigenvalue weighted by Gasteiger charge is -2.30. The van der Waals surface area contributed by atoms with Gasteiger partial charge in [-0.15, -0.1) is 0 Å². The molecule has 0 aromatic carbocycles. The van der Waals surface area contributed by atoms with E-state index in [1.54, 1.807) is 12.5 Å². The van der Waals surface area contributed by atoms with Gasteiger partial charge in [-0.2, -0.15) is 5.10 Å². The van der Waals surface area contributed by atoms with Gasteiger partial charge in [0.1, 0.15) is 5.76 Å². The largest absolute Gasteiger partial charge is 0.463 e. The summed E-state index contributed by atoms with van der Waals surface area (Å²) in [6.07, 6.45) is 3.43. The molecule has 76 valence electrons. The molecule has 0 saturated carbocycles. The lowest BCUT2D eigenvalue weighted by atomic mass is 10.4. The Kier molecular flexibility index (Phi) is 2.84. The van der Waals surface area contributed by atoms with E-state index in [1.165, 1.54) is 0 Å². The van der Waals surface area contributed by atoms with Gasteiger partial charge in [-0.1, -0.05) is 0 Å². The number of hydrogen-bond donors (Lipinski definition) is 0. The zero-order chi connectivity index (χ0) is 9.80. The average Bonchev–Trinajstić information content (AvgIpc) is 2.70. The van der Waals surface area contributed by atoms with Gasteiger partial charge >= 0.3 is 0 Å². The third-order valence-electron chi connectivity index (χ3n) is 2.37. The molecule has 4 heteroatoms. The number of likely N-dealkylation sites (N-methyl/N-ethyl adjacent to an activating group) is 1. The molecule has 1 aliphatic heterocycles. The Balaban J connectivity index is 1.86. The summed E-state index contributed by atoms with van der Waals surface area (Å²) in [5.74, 6) is 0.809. The molecule has 1 aromatic rings. The fourth-order valence-corrected chi connectivity index (χ4v) is 1.41. The molecule has 14 heavy (non-hydrogen) atoms. The third kappa shape index (κ3) is 2.35. The summed E-state index contributed by atoms with van der Waals surface area (Å²) in [6.45, 7) is 4.15. The molecule has 1 aromatic heterocycles. The molecular formula is C10H15N3O. The van der Waals surface area contributed by atoms with Crippen molar-refractivity contribution in [3.05, 3.63) is 24.2 Å². The van der Waals surface area contributed by atoms with Gasteiger partial charge in [-0.3, -0.25) is 5.01 Å². The van der Waals surface area contributed by atoms with Crippen LogP contribution in [-0.2, 0) is 0 Å². The van der Waals surface area contributed by atoms with Crippen LogP contribution in [0, 0.1) is 0 Å². The lowest BCUT2D eigenvalue weighted by Crippen LogP contribution is -2.41. The summed E-state index contributed by atoms with van der Waals surface area (Å²) in [5.41, 5.74) is 0. The van der Waals surface area contributed by atoms with Crippen LogP contribution in [0.25, 0.3) is 0 Å². The second-order valence-corrected chi connectivity index (χ2v) is 3.52. The minimum Gasteiger partial charge on any atom is -0.463 e. The summed E-state index contributed by atoms with van der Waals surface area (Å²) in [7, 11) is 2.13. The topological polar surface area (TPSA) is 32.0 Å². The molecule has 2 heterocycles. The predicted octanol–water partition coefficient (Wildman–Crippen LogP) is 0.861. The molecule has 2 rings (SSSR count). The normalized spacial score (nSPS) is 19.4. The first-order chi connectivity index (χ1) is 6.84. The van der Waals surface area contributed by atoms with Crippen molar-refractivity contribution in [1.29, 1.82) is 0 Å². The van der Waals surface area contributed by atoms with Crippen molar-refractivity contribution < 1.29 is 4.42 Å². The highest BCUT2D eigenvalue weighted by atomic mass is 16.3. The Hall–Kier alpha value is -1.29. The monoisotopic (exact) mass is 193 g/mol. The molecule has 0 atom stereocenters. The van der Waals surface area contributed by atoms with Gasteiger partial charge in [0.05, 0.1) is 12.5 Å². The first-order valence-corrected chi connectivity index (χ1v) is 4.85. The van der Waals surface area contributed by atoms with Crippen molar-refractivity contribution in [1.82, 2.24) is 9.91 Å². The van der Waals surface area contributed by atoms with Gasteiger partial charge in [0.15, 0.2) is 0 Å². The van der Waals surface area contributed by atoms with E-state index in [4.69, 9.17) is 4.42 Å². The van der Waals surface area contributed by atoms with Crippen molar-refractivity contribution >= 4 is 6.21 Å². The Morgan fingerprint density at radius 2 is 2.14 bits per heavy atom. The van der Waals surface area contributed by atoms with Gasteiger partial charge in [0.2, 0.25) is 0 Å². The molecule has 0 amide bonds. The molecule has 4 nitrogen and oxygen atoms in total. The van der Waals surface area contributed by atoms with Gasteiger partial charge in [-0.25, -0.2) is 0 Å². The molecule has 0 aliphatic carbocycles. The summed E-state index contributed by atoms with van der Waals surface area (Å²) >= 11 is 0. The number of nitrogens with zero attached hydrogens (tertiary/aromatic N) is 3. The first-order valence-electron chi connectivity index (χ1n) is 4.85. The average molecular weight is 193 g/mol. The van der Waals surface area contributed by atoms with Crippen LogP contribution in [0.15, 0.2) is 27.9 Å². The molecule has 0 N–H and O–H groups in total. The zero-order valence-electron chi connectivity index (χ0n) is 8.39. The summed E-state index contributed by atoms with van der Waals surface area (Å²) < 4.78 is 5.16. The Morgan fingerprint density at radius 1 is 1.36 bits per heavy atom. The molecule has 0 spiro atoms. The predicted molar refractivity (Wildman–Crippen MR) is 55.4 cm³/mol. The Morgan fingerprint density at radius 3 is 2.79 bits per heavy atom. The van der Waals surface area contributed by atoms with Crippen LogP contribution in [0.2, 0.25) is 0 Å². The van der Waals surface area contributed by atoms with E-state index in [-0.39, 0.29) is 0 Å². The number of piperazine rings is 1. The fraction of sp³-hybridized carbons (Fsp3) is 0.500. The smallest absolute Gasteiger partial charge is 0.146 e. The van der Waals surface area contributed by atoms with Crippen LogP contribution >= 0.6 is 0 Å². The molecule has 0 radical (unpaired) electrons. The SMILES string of the molecule is CN1CCN(/N=C\c2ccco2)CC1. The number of hydrazone groups is 1. The second kappa shape index (κ2) is 4.28. The minimum absolute atomic E-state index is 0.809. The highest BCUT2D eigenvalue weighted by molar-refractivity contribution is 5.75. The summed E-state index contributed by atoms with van der Waals surface area (Å²) in [4.78, 5) is 2.30. The van der Waals surface area contributed by atoms with Gasteiger partial charge in [0.25, 0.3) is 0 Å². The van der Waals surface area contributed by atoms with Crippen LogP contribution in [-0.4, -0.2) is 49.4 Å². The van der Waals surface area contributed by atoms with Crippen molar-refractivity contribution in [3.8, 4) is 0 Å². The van der Waals surface area contributed by atoms with Crippen molar-refractivity contribution in [2.45, 2.75) is 0 Å². The molecule has 0 bridgehead atoms. The van der Waals surface area contributed by atoms with E-state index >= 15 is 0 Å². The van der Waals surface area contributed by atoms with Gasteiger partial charge in [0, 0.05) is 26.2 Å². The third-order valence-corrected chi connectivity index (χ3v) is 2.37. The number of rotatable bonds is 2. The van der Waals surface area contributed by atoms with Crippen molar-refractivity contribution in [2.24, 2.45) is 5.10 Å². The highest BCUT2D eigenvalue weighted by Gasteiger charge is 2.10. The number of hydrogen-bond acceptors (Lipinski definition) is 4. The highest BCUT2D eigenvalue weighted by Crippen LogP contribution is 2.01. The van der Waals surface area contributed by atoms with Crippen LogP contribution < -0.4 is 0 Å². The van der Waals surface area contributed by atoms with E-state index in [1.807, 2.05) is 12.1 Å². The lowest BCUT2D eigenvalue weighted by molar-refractivity contribution is 0.159. The van der Waals surface area contributed by atoms with Crippen molar-refractivity contribution in [2.75, 3.05) is 33.2 Å². The van der Waals surface area contributed by atoms with Crippen molar-refractivity contribution in [3.63, 3.8) is 0 Å². The van der Waals surface area contributed by atoms with Crippen LogP contribution in [0.1, 0.15) is 5.76 Å². The summed E-state index contributed by atoms with van der Waals surface area (Å²) in [6, 6.07) is 3.77. The van der Waals surface area contributed by atoms with E-state index in [9.17, 15) is 0 Å². The maximum atomic E-state index is 5.16. The van der Waals surface area contributed by atoms with E-state index in [0.717, 1.165) is 31.9 Å². The maximum Gasteiger partial charge on any atom is 0.146 e. The zero-order valence-corrected chi connectivity index (χ0v) is 8.39. The molecule has 1 fully saturated rings. The Labute approximate surface area is 83.8 Å². The number of furan rings is 1. The molecular weight excluding hydrogens is 178 g/mol. The first kappa shape index (κ1) is 9.27. The maximum absolute atomic E-state index is 5.16. The van der Waals surface area contributed by atoms with E-state index in [0.29, 0.717) is 0 Å². The Bertz CT molecular complexity index is 286. The molecule has 1 aliphatic rings. The summed E-state index contributed by atoms with van der Waals surface area (Å²) in [5, 5.41) is 6.42. The van der Waals surface area contributed by atoms with Crippen LogP contribution in [0.5, 0.6) is 0 Å². The van der Waals surface area contributed by atoms with E-state index in [2.05, 4.69) is 22.1 Å². The molecule has 1 saturated heterocycles. The second-order valence-electron chi connectivity index (χ2n) is 3.52. The van der Waals surface area contributed by atoms with Gasteiger partial charge in [-0.05, 0) is 19.2 Å². The van der Waals surface area contributed by atoms with E-state index < -0.39 is 0 Å². The standard InChI is InChI=1S/C10H15N3O/c1-12-4-6-13(7-5-12)11-9-10-3-2-8-14-10/h2-3,8-9H,4-7H2,1H3/b11-9-. The quantitative estimate of drug-likeness (QED) is 0.653. The minimum atomic E-state index is 0.809. The molecule has 0 unspecified atom stereocenters. The van der Waals surface area contributed by atoms with Crippen LogP contribution in [0.3, 0.4) is 0 Å². The van der Waals surface area contributed by atoms with Gasteiger partial charge < -0.3 is 9.32 Å². The fourth-order valence-electron chi connectivity index (χ4n) is 1.41.